The molecule has 0 saturated heterocycles. The molecule has 0 aliphatic carbocycles. The highest BCUT2D eigenvalue weighted by molar-refractivity contribution is 7.98. The number of aromatic amines is 1. The van der Waals surface area contributed by atoms with Crippen molar-refractivity contribution in [3.05, 3.63) is 74.4 Å². The number of thiazole rings is 1. The first-order valence-corrected chi connectivity index (χ1v) is 12.9. The molecule has 5 nitrogen and oxygen atoms in total. The Kier molecular flexibility index (Phi) is 9.15. The number of anilines is 1. The van der Waals surface area contributed by atoms with Gasteiger partial charge in [-0.05, 0) is 50.3 Å². The third-order valence-electron chi connectivity index (χ3n) is 5.13. The Morgan fingerprint density at radius 2 is 1.81 bits per heavy atom. The minimum absolute atomic E-state index is 0.0357. The second-order valence-electron chi connectivity index (χ2n) is 7.94. The van der Waals surface area contributed by atoms with Gasteiger partial charge in [0.15, 0.2) is 5.13 Å². The molecule has 0 amide bonds. The molecule has 0 atom stereocenters. The Hall–Kier alpha value is -2.12. The molecule has 0 aliphatic heterocycles. The molecule has 0 aliphatic rings. The molecule has 0 spiro atoms. The summed E-state index contributed by atoms with van der Waals surface area (Å²) in [4.78, 5) is 26.9. The van der Waals surface area contributed by atoms with E-state index in [-0.39, 0.29) is 5.56 Å². The molecule has 0 unspecified atom stereocenters. The van der Waals surface area contributed by atoms with Gasteiger partial charge in [0.2, 0.25) is 0 Å². The van der Waals surface area contributed by atoms with E-state index in [1.165, 1.54) is 5.56 Å². The van der Waals surface area contributed by atoms with Crippen LogP contribution in [0.1, 0.15) is 47.6 Å². The maximum atomic E-state index is 12.5. The van der Waals surface area contributed by atoms with Crippen molar-refractivity contribution in [1.29, 1.82) is 0 Å². The smallest absolute Gasteiger partial charge is 0.254 e. The van der Waals surface area contributed by atoms with Gasteiger partial charge < -0.3 is 9.88 Å². The standard InChI is InChI=1S/C24H32N4OS2/c1-18-21(13-8-7-12-19-10-5-4-6-11-19)23(29)27-22(25-18)14-9-15-30-16-20-17-31-24(26-20)28(2)3/h4-6,10-11,17H,7-9,12-16H2,1-3H3,(H,25,27,29). The molecule has 0 radical (unpaired) electrons. The Labute approximate surface area is 193 Å². The van der Waals surface area contributed by atoms with Gasteiger partial charge in [-0.1, -0.05) is 30.3 Å². The summed E-state index contributed by atoms with van der Waals surface area (Å²) in [7, 11) is 4.03. The molecule has 0 bridgehead atoms. The highest BCUT2D eigenvalue weighted by atomic mass is 32.2. The van der Waals surface area contributed by atoms with E-state index in [1.807, 2.05) is 43.7 Å². The summed E-state index contributed by atoms with van der Waals surface area (Å²) >= 11 is 3.56. The first-order valence-electron chi connectivity index (χ1n) is 10.8. The monoisotopic (exact) mass is 456 g/mol. The van der Waals surface area contributed by atoms with Crippen LogP contribution >= 0.6 is 23.1 Å². The van der Waals surface area contributed by atoms with Gasteiger partial charge in [-0.3, -0.25) is 4.79 Å². The van der Waals surface area contributed by atoms with Crippen LogP contribution < -0.4 is 10.5 Å². The van der Waals surface area contributed by atoms with Gasteiger partial charge in [0, 0.05) is 42.9 Å². The van der Waals surface area contributed by atoms with Crippen molar-refractivity contribution >= 4 is 28.2 Å². The third-order valence-corrected chi connectivity index (χ3v) is 7.27. The molecular weight excluding hydrogens is 424 g/mol. The van der Waals surface area contributed by atoms with E-state index in [1.54, 1.807) is 11.3 Å². The summed E-state index contributed by atoms with van der Waals surface area (Å²) in [6.45, 7) is 1.96. The van der Waals surface area contributed by atoms with Crippen molar-refractivity contribution in [2.24, 2.45) is 0 Å². The fourth-order valence-corrected chi connectivity index (χ4v) is 5.16. The summed E-state index contributed by atoms with van der Waals surface area (Å²) in [5.41, 5.74) is 4.25. The lowest BCUT2D eigenvalue weighted by Gasteiger charge is -2.08. The fourth-order valence-electron chi connectivity index (χ4n) is 3.44. The van der Waals surface area contributed by atoms with Crippen LogP contribution in [0.2, 0.25) is 0 Å². The maximum Gasteiger partial charge on any atom is 0.254 e. The number of nitrogens with one attached hydrogen (secondary N) is 1. The number of thioether (sulfide) groups is 1. The normalized spacial score (nSPS) is 11.1. The predicted molar refractivity (Wildman–Crippen MR) is 134 cm³/mol. The molecule has 0 fully saturated rings. The van der Waals surface area contributed by atoms with Crippen LogP contribution in [-0.2, 0) is 25.0 Å². The zero-order valence-corrected chi connectivity index (χ0v) is 20.3. The highest BCUT2D eigenvalue weighted by Crippen LogP contribution is 2.21. The minimum Gasteiger partial charge on any atom is -0.354 e. The van der Waals surface area contributed by atoms with Gasteiger partial charge in [-0.25, -0.2) is 9.97 Å². The molecule has 7 heteroatoms. The van der Waals surface area contributed by atoms with Gasteiger partial charge in [-0.15, -0.1) is 11.3 Å². The quantitative estimate of drug-likeness (QED) is 0.387. The average molecular weight is 457 g/mol. The molecule has 3 aromatic rings. The molecule has 3 rings (SSSR count). The van der Waals surface area contributed by atoms with Crippen LogP contribution in [0.25, 0.3) is 0 Å². The molecular formula is C24H32N4OS2. The van der Waals surface area contributed by atoms with Crippen LogP contribution in [0.15, 0.2) is 40.5 Å². The van der Waals surface area contributed by atoms with Crippen molar-refractivity contribution in [3.63, 3.8) is 0 Å². The first kappa shape index (κ1) is 23.5. The van der Waals surface area contributed by atoms with Crippen LogP contribution in [0.3, 0.4) is 0 Å². The van der Waals surface area contributed by atoms with Gasteiger partial charge in [0.1, 0.15) is 5.82 Å². The Balaban J connectivity index is 1.39. The lowest BCUT2D eigenvalue weighted by Crippen LogP contribution is -2.19. The van der Waals surface area contributed by atoms with Crippen LogP contribution in [-0.4, -0.2) is 34.8 Å². The largest absolute Gasteiger partial charge is 0.354 e. The maximum absolute atomic E-state index is 12.5. The number of nitrogens with zero attached hydrogens (tertiary/aromatic N) is 3. The summed E-state index contributed by atoms with van der Waals surface area (Å²) < 4.78 is 0. The van der Waals surface area contributed by atoms with E-state index in [2.05, 4.69) is 44.6 Å². The van der Waals surface area contributed by atoms with Crippen molar-refractivity contribution < 1.29 is 0 Å². The van der Waals surface area contributed by atoms with Gasteiger partial charge in [0.25, 0.3) is 5.56 Å². The number of H-pyrrole nitrogens is 1. The zero-order chi connectivity index (χ0) is 22.1. The number of aromatic nitrogens is 3. The number of hydrogen-bond donors (Lipinski definition) is 1. The second kappa shape index (κ2) is 12.1. The van der Waals surface area contributed by atoms with E-state index in [0.29, 0.717) is 0 Å². The summed E-state index contributed by atoms with van der Waals surface area (Å²) in [5, 5.41) is 3.18. The average Bonchev–Trinajstić information content (AvgIpc) is 3.22. The summed E-state index contributed by atoms with van der Waals surface area (Å²) in [6.07, 6.45) is 5.73. The van der Waals surface area contributed by atoms with E-state index < -0.39 is 0 Å². The molecule has 1 N–H and O–H groups in total. The predicted octanol–water partition coefficient (Wildman–Crippen LogP) is 5.03. The summed E-state index contributed by atoms with van der Waals surface area (Å²) in [5.74, 6) is 2.76. The Morgan fingerprint density at radius 1 is 1.03 bits per heavy atom. The molecule has 0 saturated carbocycles. The zero-order valence-electron chi connectivity index (χ0n) is 18.7. The van der Waals surface area contributed by atoms with E-state index in [4.69, 9.17) is 0 Å². The van der Waals surface area contributed by atoms with Gasteiger partial charge >= 0.3 is 0 Å². The number of hydrogen-bond acceptors (Lipinski definition) is 6. The molecule has 166 valence electrons. The molecule has 2 aromatic heterocycles. The van der Waals surface area contributed by atoms with E-state index in [9.17, 15) is 4.79 Å². The first-order chi connectivity index (χ1) is 15.0. The lowest BCUT2D eigenvalue weighted by molar-refractivity contribution is 0.714. The van der Waals surface area contributed by atoms with Crippen molar-refractivity contribution in [1.82, 2.24) is 15.0 Å². The minimum atomic E-state index is 0.0357. The third kappa shape index (κ3) is 7.51. The van der Waals surface area contributed by atoms with Gasteiger partial charge in [-0.2, -0.15) is 11.8 Å². The number of unbranched alkanes of at least 4 members (excludes halogenated alkanes) is 1. The van der Waals surface area contributed by atoms with Crippen molar-refractivity contribution in [3.8, 4) is 0 Å². The molecule has 1 aromatic carbocycles. The van der Waals surface area contributed by atoms with Gasteiger partial charge in [0.05, 0.1) is 5.69 Å². The summed E-state index contributed by atoms with van der Waals surface area (Å²) in [6, 6.07) is 10.5. The number of benzene rings is 1. The van der Waals surface area contributed by atoms with Crippen LogP contribution in [0.4, 0.5) is 5.13 Å². The van der Waals surface area contributed by atoms with Crippen LogP contribution in [0.5, 0.6) is 0 Å². The van der Waals surface area contributed by atoms with Crippen molar-refractivity contribution in [2.45, 2.75) is 51.2 Å². The fraction of sp³-hybridized carbons (Fsp3) is 0.458. The SMILES string of the molecule is Cc1nc(CCCSCc2csc(N(C)C)n2)[nH]c(=O)c1CCCCc1ccccc1. The van der Waals surface area contributed by atoms with Crippen LogP contribution in [0, 0.1) is 6.92 Å². The number of rotatable bonds is 12. The highest BCUT2D eigenvalue weighted by Gasteiger charge is 2.09. The lowest BCUT2D eigenvalue weighted by atomic mass is 10.0. The molecule has 2 heterocycles. The molecule has 31 heavy (non-hydrogen) atoms. The Morgan fingerprint density at radius 3 is 2.52 bits per heavy atom. The topological polar surface area (TPSA) is 61.9 Å². The van der Waals surface area contributed by atoms with E-state index in [0.717, 1.165) is 77.9 Å². The van der Waals surface area contributed by atoms with Crippen molar-refractivity contribution in [2.75, 3.05) is 24.7 Å². The second-order valence-corrected chi connectivity index (χ2v) is 9.88. The number of aryl methyl sites for hydroxylation is 3. The van der Waals surface area contributed by atoms with E-state index >= 15 is 0 Å². The Bertz CT molecular complexity index is 998.